The predicted molar refractivity (Wildman–Crippen MR) is 210 cm³/mol. The number of carbonyl (C=O) groups excluding carboxylic acids is 2. The summed E-state index contributed by atoms with van der Waals surface area (Å²) >= 11 is 0. The Balaban J connectivity index is 0.949. The zero-order valence-corrected chi connectivity index (χ0v) is 31.3. The molecule has 0 unspecified atom stereocenters. The van der Waals surface area contributed by atoms with Crippen molar-refractivity contribution in [2.45, 2.75) is 82.4 Å². The number of unbranched alkanes of at least 4 members (excludes halogenated alkanes) is 1. The van der Waals surface area contributed by atoms with Gasteiger partial charge in [-0.2, -0.15) is 0 Å². The number of hydrogen-bond acceptors (Lipinski definition) is 9. The molecule has 11 nitrogen and oxygen atoms in total. The van der Waals surface area contributed by atoms with E-state index >= 15 is 0 Å². The van der Waals surface area contributed by atoms with Crippen molar-refractivity contribution in [3.63, 3.8) is 0 Å². The SMILES string of the molecule is Nc1ccccc1NC(=O)CCCCC(=O)NCc1cccc(-c2cccc([C@H]3O[C@@H](CN4CCC5(CC4)OCCO5)C[C@@H](c4ccc(CO)cc4)O3)c2)c1. The summed E-state index contributed by atoms with van der Waals surface area (Å²) in [5, 5.41) is 15.5. The number of para-hydroxylation sites is 2. The van der Waals surface area contributed by atoms with E-state index in [1.54, 1.807) is 12.1 Å². The van der Waals surface area contributed by atoms with Crippen LogP contribution in [0.2, 0.25) is 0 Å². The minimum Gasteiger partial charge on any atom is -0.397 e. The van der Waals surface area contributed by atoms with E-state index in [1.165, 1.54) is 0 Å². The number of aliphatic hydroxyl groups is 1. The maximum atomic E-state index is 12.7. The highest BCUT2D eigenvalue weighted by molar-refractivity contribution is 5.93. The number of nitrogen functional groups attached to an aromatic ring is 1. The fourth-order valence-electron chi connectivity index (χ4n) is 7.59. The van der Waals surface area contributed by atoms with Crippen molar-refractivity contribution in [1.82, 2.24) is 10.2 Å². The third-order valence-electron chi connectivity index (χ3n) is 10.7. The number of rotatable bonds is 14. The number of benzene rings is 4. The summed E-state index contributed by atoms with van der Waals surface area (Å²) in [7, 11) is 0. The molecule has 4 aromatic rings. The lowest BCUT2D eigenvalue weighted by molar-refractivity contribution is -0.255. The van der Waals surface area contributed by atoms with Crippen molar-refractivity contribution < 1.29 is 33.6 Å². The summed E-state index contributed by atoms with van der Waals surface area (Å²) in [4.78, 5) is 27.4. The number of hydrogen-bond donors (Lipinski definition) is 4. The molecule has 3 aliphatic rings. The molecule has 55 heavy (non-hydrogen) atoms. The van der Waals surface area contributed by atoms with Crippen LogP contribution < -0.4 is 16.4 Å². The van der Waals surface area contributed by atoms with E-state index in [1.807, 2.05) is 60.7 Å². The first-order valence-electron chi connectivity index (χ1n) is 19.5. The zero-order chi connectivity index (χ0) is 38.0. The molecular formula is C44H52N4O7. The van der Waals surface area contributed by atoms with Crippen LogP contribution in [-0.2, 0) is 41.7 Å². The molecule has 2 amide bonds. The van der Waals surface area contributed by atoms with Gasteiger partial charge in [-0.1, -0.05) is 72.8 Å². The van der Waals surface area contributed by atoms with Crippen LogP contribution in [0.25, 0.3) is 11.1 Å². The molecule has 0 saturated carbocycles. The van der Waals surface area contributed by atoms with Crippen LogP contribution in [-0.4, -0.2) is 66.6 Å². The Hall–Kier alpha value is -4.62. The molecule has 3 atom stereocenters. The monoisotopic (exact) mass is 748 g/mol. The largest absolute Gasteiger partial charge is 0.397 e. The Kier molecular flexibility index (Phi) is 12.9. The average molecular weight is 749 g/mol. The molecule has 7 rings (SSSR count). The van der Waals surface area contributed by atoms with Gasteiger partial charge in [0.1, 0.15) is 0 Å². The van der Waals surface area contributed by atoms with Crippen molar-refractivity contribution in [2.75, 3.05) is 43.9 Å². The molecule has 3 fully saturated rings. The smallest absolute Gasteiger partial charge is 0.224 e. The molecule has 5 N–H and O–H groups in total. The Morgan fingerprint density at radius 1 is 0.782 bits per heavy atom. The molecule has 11 heteroatoms. The van der Waals surface area contributed by atoms with Gasteiger partial charge in [0.25, 0.3) is 0 Å². The number of piperidine rings is 1. The zero-order valence-electron chi connectivity index (χ0n) is 31.3. The predicted octanol–water partition coefficient (Wildman–Crippen LogP) is 6.63. The van der Waals surface area contributed by atoms with Gasteiger partial charge in [-0.25, -0.2) is 0 Å². The molecule has 0 aromatic heterocycles. The molecule has 4 aromatic carbocycles. The molecule has 0 radical (unpaired) electrons. The number of nitrogens with zero attached hydrogens (tertiary/aromatic N) is 1. The first-order valence-corrected chi connectivity index (χ1v) is 19.5. The second-order valence-electron chi connectivity index (χ2n) is 14.7. The van der Waals surface area contributed by atoms with Crippen LogP contribution in [0.5, 0.6) is 0 Å². The average Bonchev–Trinajstić information content (AvgIpc) is 3.68. The summed E-state index contributed by atoms with van der Waals surface area (Å²) in [6.45, 7) is 4.29. The second kappa shape index (κ2) is 18.3. The lowest BCUT2D eigenvalue weighted by Crippen LogP contribution is -2.48. The van der Waals surface area contributed by atoms with Gasteiger partial charge in [0.2, 0.25) is 11.8 Å². The topological polar surface area (TPSA) is 145 Å². The fraction of sp³-hybridized carbons (Fsp3) is 0.409. The Bertz CT molecular complexity index is 1890. The van der Waals surface area contributed by atoms with E-state index in [4.69, 9.17) is 24.7 Å². The van der Waals surface area contributed by atoms with Gasteiger partial charge in [0.05, 0.1) is 43.4 Å². The molecule has 3 aliphatic heterocycles. The van der Waals surface area contributed by atoms with Crippen LogP contribution in [0.1, 0.15) is 79.6 Å². The third-order valence-corrected chi connectivity index (χ3v) is 10.7. The normalized spacial score (nSPS) is 21.0. The minimum absolute atomic E-state index is 0.00159. The van der Waals surface area contributed by atoms with Crippen LogP contribution >= 0.6 is 0 Å². The van der Waals surface area contributed by atoms with E-state index in [0.29, 0.717) is 56.8 Å². The standard InChI is InChI=1S/C44H52N4O7/c45-38-11-1-2-12-39(38)47-42(51)14-4-3-13-41(50)46-28-32-7-5-8-34(25-32)35-9-6-10-36(26-35)43-54-37(27-40(55-43)33-17-15-31(30-49)16-18-33)29-48-21-19-44(20-22-48)52-23-24-53-44/h1-2,5-12,15-18,25-26,37,40,43,49H,3-4,13-14,19-24,27-30,45H2,(H,46,50)(H,47,51)/t37-,40+,43+/m1/s1. The van der Waals surface area contributed by atoms with Crippen molar-refractivity contribution in [1.29, 1.82) is 0 Å². The fourth-order valence-corrected chi connectivity index (χ4v) is 7.59. The van der Waals surface area contributed by atoms with Gasteiger partial charge in [-0.15, -0.1) is 0 Å². The summed E-state index contributed by atoms with van der Waals surface area (Å²) in [6.07, 6.45) is 3.51. The molecular weight excluding hydrogens is 697 g/mol. The van der Waals surface area contributed by atoms with E-state index in [2.05, 4.69) is 39.8 Å². The van der Waals surface area contributed by atoms with E-state index in [9.17, 15) is 14.7 Å². The number of ether oxygens (including phenoxy) is 4. The van der Waals surface area contributed by atoms with Crippen molar-refractivity contribution in [3.8, 4) is 11.1 Å². The number of amides is 2. The summed E-state index contributed by atoms with van der Waals surface area (Å²) in [6, 6.07) is 31.6. The van der Waals surface area contributed by atoms with Crippen LogP contribution in [0.15, 0.2) is 97.1 Å². The van der Waals surface area contributed by atoms with Gasteiger partial charge >= 0.3 is 0 Å². The quantitative estimate of drug-likeness (QED) is 0.0826. The Morgan fingerprint density at radius 3 is 2.24 bits per heavy atom. The number of nitrogens with one attached hydrogen (secondary N) is 2. The van der Waals surface area contributed by atoms with Crippen molar-refractivity contribution in [3.05, 3.63) is 119 Å². The van der Waals surface area contributed by atoms with E-state index in [-0.39, 0.29) is 30.6 Å². The van der Waals surface area contributed by atoms with Gasteiger partial charge in [-0.05, 0) is 64.9 Å². The highest BCUT2D eigenvalue weighted by atomic mass is 16.7. The number of nitrogens with two attached hydrogens (primary N) is 1. The first kappa shape index (κ1) is 38.6. The van der Waals surface area contributed by atoms with Crippen LogP contribution in [0, 0.1) is 0 Å². The molecule has 3 saturated heterocycles. The van der Waals surface area contributed by atoms with E-state index < -0.39 is 12.1 Å². The number of likely N-dealkylation sites (tertiary alicyclic amines) is 1. The van der Waals surface area contributed by atoms with Gasteiger partial charge in [0, 0.05) is 63.8 Å². The Labute approximate surface area is 323 Å². The number of aliphatic hydroxyl groups excluding tert-OH is 1. The molecule has 290 valence electrons. The molecule has 1 spiro atoms. The number of carbonyl (C=O) groups is 2. The molecule has 0 bridgehead atoms. The molecule has 0 aliphatic carbocycles. The van der Waals surface area contributed by atoms with E-state index in [0.717, 1.165) is 72.3 Å². The lowest BCUT2D eigenvalue weighted by Gasteiger charge is -2.41. The van der Waals surface area contributed by atoms with Gasteiger partial charge in [0.15, 0.2) is 12.1 Å². The van der Waals surface area contributed by atoms with Crippen molar-refractivity contribution in [2.24, 2.45) is 0 Å². The second-order valence-corrected chi connectivity index (χ2v) is 14.7. The first-order chi connectivity index (χ1) is 26.8. The van der Waals surface area contributed by atoms with Gasteiger partial charge in [-0.3, -0.25) is 9.59 Å². The summed E-state index contributed by atoms with van der Waals surface area (Å²) in [5.74, 6) is -0.586. The highest BCUT2D eigenvalue weighted by Gasteiger charge is 2.41. The maximum absolute atomic E-state index is 12.7. The minimum atomic E-state index is -0.566. The number of anilines is 2. The Morgan fingerprint density at radius 2 is 1.49 bits per heavy atom. The lowest BCUT2D eigenvalue weighted by atomic mass is 9.97. The van der Waals surface area contributed by atoms with Crippen molar-refractivity contribution >= 4 is 23.2 Å². The van der Waals surface area contributed by atoms with Gasteiger partial charge < -0.3 is 45.3 Å². The third kappa shape index (κ3) is 10.4. The maximum Gasteiger partial charge on any atom is 0.224 e. The summed E-state index contributed by atoms with van der Waals surface area (Å²) in [5.41, 5.74) is 12.9. The highest BCUT2D eigenvalue weighted by Crippen LogP contribution is 2.40. The summed E-state index contributed by atoms with van der Waals surface area (Å²) < 4.78 is 25.3. The van der Waals surface area contributed by atoms with Crippen LogP contribution in [0.4, 0.5) is 11.4 Å². The van der Waals surface area contributed by atoms with Crippen LogP contribution in [0.3, 0.4) is 0 Å². The molecule has 3 heterocycles.